The number of hydrogen-bond acceptors (Lipinski definition) is 3. The van der Waals surface area contributed by atoms with Crippen molar-refractivity contribution in [3.63, 3.8) is 0 Å². The minimum Gasteiger partial charge on any atom is -0.330 e. The molecule has 0 bridgehead atoms. The molecule has 0 aromatic rings. The third-order valence-corrected chi connectivity index (χ3v) is 3.07. The molecule has 1 atom stereocenters. The van der Waals surface area contributed by atoms with Crippen molar-refractivity contribution < 1.29 is 12.3 Å². The van der Waals surface area contributed by atoms with Crippen molar-refractivity contribution in [1.29, 1.82) is 0 Å². The largest absolute Gasteiger partial charge is 0.374 e. The molecule has 1 rings (SSSR count). The topological polar surface area (TPSA) is 63.4 Å². The van der Waals surface area contributed by atoms with Gasteiger partial charge in [-0.3, -0.25) is 0 Å². The van der Waals surface area contributed by atoms with Gasteiger partial charge in [-0.15, -0.1) is 0 Å². The van der Waals surface area contributed by atoms with Gasteiger partial charge in [-0.05, 0) is 25.3 Å². The van der Waals surface area contributed by atoms with E-state index in [1.165, 1.54) is 0 Å². The summed E-state index contributed by atoms with van der Waals surface area (Å²) in [5, 5.41) is 0. The standard InChI is InChI=1S/C6H13FN2O2S/c7-12(10,11)9-3-1-2-6(4-8)5-9/h6H,1-5,8H2. The molecule has 6 heteroatoms. The van der Waals surface area contributed by atoms with Crippen LogP contribution >= 0.6 is 0 Å². The van der Waals surface area contributed by atoms with E-state index in [4.69, 9.17) is 5.73 Å². The van der Waals surface area contributed by atoms with Crippen LogP contribution in [0.3, 0.4) is 0 Å². The van der Waals surface area contributed by atoms with Crippen molar-refractivity contribution >= 4 is 10.4 Å². The van der Waals surface area contributed by atoms with Crippen molar-refractivity contribution in [3.05, 3.63) is 0 Å². The minimum atomic E-state index is -4.49. The monoisotopic (exact) mass is 196 g/mol. The third-order valence-electron chi connectivity index (χ3n) is 2.12. The molecule has 0 radical (unpaired) electrons. The molecular weight excluding hydrogens is 183 g/mol. The first-order chi connectivity index (χ1) is 5.54. The molecule has 2 N–H and O–H groups in total. The van der Waals surface area contributed by atoms with Gasteiger partial charge in [-0.1, -0.05) is 3.89 Å². The molecule has 1 heterocycles. The average Bonchev–Trinajstić information content (AvgIpc) is 2.03. The molecule has 1 aliphatic rings. The fourth-order valence-corrected chi connectivity index (χ4v) is 2.15. The van der Waals surface area contributed by atoms with Crippen LogP contribution in [0, 0.1) is 5.92 Å². The van der Waals surface area contributed by atoms with Gasteiger partial charge < -0.3 is 5.73 Å². The van der Waals surface area contributed by atoms with Crippen LogP contribution in [-0.4, -0.2) is 32.4 Å². The quantitative estimate of drug-likeness (QED) is 0.626. The van der Waals surface area contributed by atoms with Crippen LogP contribution < -0.4 is 5.73 Å². The Balaban J connectivity index is 2.58. The lowest BCUT2D eigenvalue weighted by atomic mass is 10.0. The van der Waals surface area contributed by atoms with Gasteiger partial charge in [-0.2, -0.15) is 12.7 Å². The Kier molecular flexibility index (Phi) is 3.03. The molecule has 1 aliphatic heterocycles. The predicted octanol–water partition coefficient (Wildman–Crippen LogP) is -0.129. The zero-order chi connectivity index (χ0) is 9.19. The van der Waals surface area contributed by atoms with Crippen LogP contribution in [0.1, 0.15) is 12.8 Å². The molecule has 0 spiro atoms. The van der Waals surface area contributed by atoms with Crippen LogP contribution in [-0.2, 0) is 10.4 Å². The molecule has 0 amide bonds. The maximum absolute atomic E-state index is 12.4. The third kappa shape index (κ3) is 2.40. The Morgan fingerprint density at radius 2 is 2.25 bits per heavy atom. The van der Waals surface area contributed by atoms with Crippen LogP contribution in [0.25, 0.3) is 0 Å². The molecule has 1 unspecified atom stereocenters. The van der Waals surface area contributed by atoms with E-state index in [2.05, 4.69) is 0 Å². The van der Waals surface area contributed by atoms with Crippen molar-refractivity contribution in [2.75, 3.05) is 19.6 Å². The van der Waals surface area contributed by atoms with Crippen molar-refractivity contribution in [2.45, 2.75) is 12.8 Å². The normalized spacial score (nSPS) is 27.3. The summed E-state index contributed by atoms with van der Waals surface area (Å²) in [5.74, 6) is 0.115. The van der Waals surface area contributed by atoms with E-state index in [9.17, 15) is 12.3 Å². The molecular formula is C6H13FN2O2S. The van der Waals surface area contributed by atoms with E-state index >= 15 is 0 Å². The van der Waals surface area contributed by atoms with Crippen LogP contribution in [0.2, 0.25) is 0 Å². The highest BCUT2D eigenvalue weighted by atomic mass is 32.3. The molecule has 0 saturated carbocycles. The number of hydrogen-bond donors (Lipinski definition) is 1. The summed E-state index contributed by atoms with van der Waals surface area (Å²) in [4.78, 5) is 0. The fraction of sp³-hybridized carbons (Fsp3) is 1.00. The molecule has 4 nitrogen and oxygen atoms in total. The molecule has 0 aromatic heterocycles. The first kappa shape index (κ1) is 9.88. The van der Waals surface area contributed by atoms with Crippen LogP contribution in [0.15, 0.2) is 0 Å². The Morgan fingerprint density at radius 3 is 2.75 bits per heavy atom. The van der Waals surface area contributed by atoms with Gasteiger partial charge in [0.2, 0.25) is 0 Å². The molecule has 1 fully saturated rings. The maximum atomic E-state index is 12.4. The second-order valence-electron chi connectivity index (χ2n) is 3.04. The molecule has 0 aliphatic carbocycles. The zero-order valence-corrected chi connectivity index (χ0v) is 7.56. The van der Waals surface area contributed by atoms with Crippen molar-refractivity contribution in [3.8, 4) is 0 Å². The van der Waals surface area contributed by atoms with Crippen molar-refractivity contribution in [2.24, 2.45) is 11.7 Å². The lowest BCUT2D eigenvalue weighted by molar-refractivity contribution is 0.261. The second kappa shape index (κ2) is 3.68. The molecule has 0 aromatic carbocycles. The number of halogens is 1. The van der Waals surface area contributed by atoms with E-state index in [1.54, 1.807) is 0 Å². The van der Waals surface area contributed by atoms with E-state index in [-0.39, 0.29) is 19.0 Å². The van der Waals surface area contributed by atoms with Gasteiger partial charge in [0, 0.05) is 13.1 Å². The minimum absolute atomic E-state index is 0.115. The zero-order valence-electron chi connectivity index (χ0n) is 6.74. The Bertz CT molecular complexity index is 242. The summed E-state index contributed by atoms with van der Waals surface area (Å²) in [6, 6.07) is 0. The van der Waals surface area contributed by atoms with Gasteiger partial charge in [0.1, 0.15) is 0 Å². The first-order valence-corrected chi connectivity index (χ1v) is 5.28. The van der Waals surface area contributed by atoms with E-state index < -0.39 is 10.4 Å². The van der Waals surface area contributed by atoms with Gasteiger partial charge >= 0.3 is 10.4 Å². The van der Waals surface area contributed by atoms with Crippen LogP contribution in [0.4, 0.5) is 3.89 Å². The number of nitrogens with two attached hydrogens (primary N) is 1. The van der Waals surface area contributed by atoms with E-state index in [1.807, 2.05) is 0 Å². The SMILES string of the molecule is NCC1CCCN(S(=O)(=O)F)C1. The van der Waals surface area contributed by atoms with Crippen LogP contribution in [0.5, 0.6) is 0 Å². The highest BCUT2D eigenvalue weighted by Crippen LogP contribution is 2.18. The molecule has 1 saturated heterocycles. The summed E-state index contributed by atoms with van der Waals surface area (Å²) in [6.45, 7) is 0.941. The number of piperidine rings is 1. The summed E-state index contributed by atoms with van der Waals surface area (Å²) < 4.78 is 34.2. The van der Waals surface area contributed by atoms with Crippen molar-refractivity contribution in [1.82, 2.24) is 4.31 Å². The van der Waals surface area contributed by atoms with E-state index in [0.717, 1.165) is 10.7 Å². The van der Waals surface area contributed by atoms with E-state index in [0.29, 0.717) is 13.0 Å². The predicted molar refractivity (Wildman–Crippen MR) is 43.4 cm³/mol. The second-order valence-corrected chi connectivity index (χ2v) is 4.38. The summed E-state index contributed by atoms with van der Waals surface area (Å²) >= 11 is 0. The summed E-state index contributed by atoms with van der Waals surface area (Å²) in [6.07, 6.45) is 1.59. The summed E-state index contributed by atoms with van der Waals surface area (Å²) in [5.41, 5.74) is 5.36. The lowest BCUT2D eigenvalue weighted by Crippen LogP contribution is -2.40. The molecule has 72 valence electrons. The maximum Gasteiger partial charge on any atom is 0.374 e. The van der Waals surface area contributed by atoms with Gasteiger partial charge in [0.05, 0.1) is 0 Å². The lowest BCUT2D eigenvalue weighted by Gasteiger charge is -2.28. The number of nitrogens with zero attached hydrogens (tertiary/aromatic N) is 1. The highest BCUT2D eigenvalue weighted by molar-refractivity contribution is 7.83. The van der Waals surface area contributed by atoms with Gasteiger partial charge in [-0.25, -0.2) is 0 Å². The molecule has 12 heavy (non-hydrogen) atoms. The average molecular weight is 196 g/mol. The van der Waals surface area contributed by atoms with Gasteiger partial charge in [0.15, 0.2) is 0 Å². The first-order valence-electron chi connectivity index (χ1n) is 3.94. The summed E-state index contributed by atoms with van der Waals surface area (Å²) in [7, 11) is -4.49. The Labute approximate surface area is 71.9 Å². The van der Waals surface area contributed by atoms with Gasteiger partial charge in [0.25, 0.3) is 0 Å². The Morgan fingerprint density at radius 1 is 1.58 bits per heavy atom. The number of rotatable bonds is 2. The highest BCUT2D eigenvalue weighted by Gasteiger charge is 2.27. The Hall–Kier alpha value is -0.200. The smallest absolute Gasteiger partial charge is 0.330 e. The fourth-order valence-electron chi connectivity index (χ4n) is 1.42.